The van der Waals surface area contributed by atoms with Crippen LogP contribution in [0.5, 0.6) is 0 Å². The van der Waals surface area contributed by atoms with Gasteiger partial charge in [-0.15, -0.1) is 4.28 Å². The summed E-state index contributed by atoms with van der Waals surface area (Å²) in [6.45, 7) is 1.84. The van der Waals surface area contributed by atoms with Gasteiger partial charge in [-0.3, -0.25) is 4.55 Å². The molecule has 2 amide bonds. The minimum atomic E-state index is -4.72. The topological polar surface area (TPSA) is 111 Å². The number of rotatable bonds is 3. The van der Waals surface area contributed by atoms with Gasteiger partial charge in [0.25, 0.3) is 0 Å². The second-order valence-corrected chi connectivity index (χ2v) is 4.11. The lowest BCUT2D eigenvalue weighted by atomic mass is 10.1. The Bertz CT molecular complexity index is 414. The van der Waals surface area contributed by atoms with Crippen LogP contribution in [0.2, 0.25) is 0 Å². The van der Waals surface area contributed by atoms with Crippen LogP contribution < -0.4 is 0 Å². The van der Waals surface area contributed by atoms with Crippen molar-refractivity contribution in [1.82, 2.24) is 9.96 Å². The molecule has 1 heterocycles. The van der Waals surface area contributed by atoms with Gasteiger partial charge >= 0.3 is 16.4 Å². The van der Waals surface area contributed by atoms with Gasteiger partial charge < -0.3 is 4.90 Å². The number of amides is 2. The minimum Gasteiger partial charge on any atom is -0.307 e. The largest absolute Gasteiger partial charge is 0.418 e. The zero-order valence-electron chi connectivity index (χ0n) is 8.53. The van der Waals surface area contributed by atoms with Gasteiger partial charge in [0.05, 0.1) is 12.6 Å². The standard InChI is InChI=1S/C7H11N3O5S/c1-2-9-6(5-8)3-4-10(7(9)11)15-16(12,13)14/h6H,2-4H2,1H3,(H,12,13,14)/t6-/m0/s1. The Morgan fingerprint density at radius 2 is 2.31 bits per heavy atom. The van der Waals surface area contributed by atoms with Crippen molar-refractivity contribution in [1.29, 1.82) is 5.26 Å². The Morgan fingerprint density at radius 3 is 2.75 bits per heavy atom. The Hall–Kier alpha value is -1.37. The number of nitriles is 1. The highest BCUT2D eigenvalue weighted by Crippen LogP contribution is 2.16. The van der Waals surface area contributed by atoms with Gasteiger partial charge in [0.2, 0.25) is 0 Å². The highest BCUT2D eigenvalue weighted by atomic mass is 32.3. The Labute approximate surface area is 92.9 Å². The van der Waals surface area contributed by atoms with E-state index in [0.717, 1.165) is 4.90 Å². The zero-order chi connectivity index (χ0) is 12.3. The average Bonchev–Trinajstić information content (AvgIpc) is 2.19. The van der Waals surface area contributed by atoms with E-state index in [1.54, 1.807) is 6.92 Å². The fourth-order valence-electron chi connectivity index (χ4n) is 1.44. The molecule has 8 nitrogen and oxygen atoms in total. The Kier molecular flexibility index (Phi) is 3.69. The third-order valence-corrected chi connectivity index (χ3v) is 2.48. The second-order valence-electron chi connectivity index (χ2n) is 3.11. The van der Waals surface area contributed by atoms with Crippen molar-refractivity contribution in [3.63, 3.8) is 0 Å². The van der Waals surface area contributed by atoms with Crippen molar-refractivity contribution in [2.45, 2.75) is 19.4 Å². The summed E-state index contributed by atoms with van der Waals surface area (Å²) in [7, 11) is -4.72. The number of carbonyl (C=O) groups is 1. The van der Waals surface area contributed by atoms with Crippen LogP contribution in [0.3, 0.4) is 0 Å². The van der Waals surface area contributed by atoms with E-state index in [4.69, 9.17) is 9.81 Å². The van der Waals surface area contributed by atoms with Crippen molar-refractivity contribution in [3.8, 4) is 6.07 Å². The van der Waals surface area contributed by atoms with Crippen LogP contribution in [0.25, 0.3) is 0 Å². The molecule has 90 valence electrons. The normalized spacial score (nSPS) is 22.1. The molecule has 0 aromatic heterocycles. The first kappa shape index (κ1) is 12.7. The smallest absolute Gasteiger partial charge is 0.307 e. The van der Waals surface area contributed by atoms with Crippen LogP contribution >= 0.6 is 0 Å². The fourth-order valence-corrected chi connectivity index (χ4v) is 1.81. The maximum absolute atomic E-state index is 11.6. The molecule has 1 fully saturated rings. The van der Waals surface area contributed by atoms with Crippen LogP contribution in [-0.2, 0) is 14.7 Å². The molecule has 1 N–H and O–H groups in total. The Morgan fingerprint density at radius 1 is 1.69 bits per heavy atom. The van der Waals surface area contributed by atoms with E-state index in [2.05, 4.69) is 4.28 Å². The van der Waals surface area contributed by atoms with Crippen LogP contribution in [0.15, 0.2) is 0 Å². The molecular weight excluding hydrogens is 238 g/mol. The summed E-state index contributed by atoms with van der Waals surface area (Å²) in [4.78, 5) is 12.8. The minimum absolute atomic E-state index is 0.0622. The lowest BCUT2D eigenvalue weighted by Crippen LogP contribution is -2.54. The summed E-state index contributed by atoms with van der Waals surface area (Å²) in [5, 5.41) is 9.28. The van der Waals surface area contributed by atoms with Crippen molar-refractivity contribution in [2.75, 3.05) is 13.1 Å². The number of hydrogen-bond acceptors (Lipinski definition) is 5. The summed E-state index contributed by atoms with van der Waals surface area (Å²) in [6.07, 6.45) is 0.256. The van der Waals surface area contributed by atoms with Gasteiger partial charge in [-0.25, -0.2) is 4.79 Å². The van der Waals surface area contributed by atoms with E-state index in [9.17, 15) is 13.2 Å². The molecule has 0 radical (unpaired) electrons. The summed E-state index contributed by atoms with van der Waals surface area (Å²) in [5.41, 5.74) is 0. The summed E-state index contributed by atoms with van der Waals surface area (Å²) in [5.74, 6) is 0. The van der Waals surface area contributed by atoms with Crippen molar-refractivity contribution < 1.29 is 22.0 Å². The number of urea groups is 1. The molecule has 9 heteroatoms. The lowest BCUT2D eigenvalue weighted by molar-refractivity contribution is -0.0529. The van der Waals surface area contributed by atoms with E-state index < -0.39 is 22.5 Å². The summed E-state index contributed by atoms with van der Waals surface area (Å²) in [6, 6.07) is 0.579. The summed E-state index contributed by atoms with van der Waals surface area (Å²) < 4.78 is 33.4. The molecule has 0 aromatic carbocycles. The van der Waals surface area contributed by atoms with Crippen LogP contribution in [0.1, 0.15) is 13.3 Å². The molecule has 1 aliphatic rings. The third kappa shape index (κ3) is 2.82. The van der Waals surface area contributed by atoms with Crippen molar-refractivity contribution in [2.24, 2.45) is 0 Å². The number of nitrogens with zero attached hydrogens (tertiary/aromatic N) is 3. The molecule has 1 atom stereocenters. The molecule has 1 aliphatic heterocycles. The molecule has 0 saturated carbocycles. The number of hydroxylamine groups is 2. The first-order valence-corrected chi connectivity index (χ1v) is 5.90. The van der Waals surface area contributed by atoms with Crippen molar-refractivity contribution in [3.05, 3.63) is 0 Å². The zero-order valence-corrected chi connectivity index (χ0v) is 9.35. The molecule has 16 heavy (non-hydrogen) atoms. The first-order valence-electron chi connectivity index (χ1n) is 4.53. The highest BCUT2D eigenvalue weighted by molar-refractivity contribution is 7.80. The van der Waals surface area contributed by atoms with Crippen LogP contribution in [0.4, 0.5) is 4.79 Å². The first-order chi connectivity index (χ1) is 7.39. The monoisotopic (exact) mass is 249 g/mol. The predicted molar refractivity (Wildman–Crippen MR) is 51.1 cm³/mol. The van der Waals surface area contributed by atoms with Gasteiger partial charge in [0.1, 0.15) is 6.04 Å². The SMILES string of the molecule is CCN1C(=O)N(OS(=O)(=O)O)CC[C@H]1C#N. The molecule has 0 aromatic rings. The van der Waals surface area contributed by atoms with Crippen LogP contribution in [-0.4, -0.2) is 48.1 Å². The maximum Gasteiger partial charge on any atom is 0.418 e. The van der Waals surface area contributed by atoms with E-state index in [-0.39, 0.29) is 19.5 Å². The van der Waals surface area contributed by atoms with Crippen molar-refractivity contribution >= 4 is 16.4 Å². The number of hydrogen-bond donors (Lipinski definition) is 1. The maximum atomic E-state index is 11.6. The van der Waals surface area contributed by atoms with Gasteiger partial charge in [-0.1, -0.05) is 0 Å². The van der Waals surface area contributed by atoms with E-state index in [0.29, 0.717) is 5.06 Å². The number of carbonyl (C=O) groups excluding carboxylic acids is 1. The molecule has 0 spiro atoms. The second kappa shape index (κ2) is 4.65. The molecule has 1 rings (SSSR count). The van der Waals surface area contributed by atoms with Crippen LogP contribution in [0, 0.1) is 11.3 Å². The molecule has 1 saturated heterocycles. The lowest BCUT2D eigenvalue weighted by Gasteiger charge is -2.35. The third-order valence-electron chi connectivity index (χ3n) is 2.11. The van der Waals surface area contributed by atoms with Gasteiger partial charge in [-0.05, 0) is 6.92 Å². The van der Waals surface area contributed by atoms with Gasteiger partial charge in [0, 0.05) is 13.0 Å². The quantitative estimate of drug-likeness (QED) is 0.691. The fraction of sp³-hybridized carbons (Fsp3) is 0.714. The molecule has 0 unspecified atom stereocenters. The average molecular weight is 249 g/mol. The highest BCUT2D eigenvalue weighted by Gasteiger charge is 2.35. The van der Waals surface area contributed by atoms with Gasteiger partial charge in [0.15, 0.2) is 0 Å². The molecule has 0 bridgehead atoms. The predicted octanol–water partition coefficient (Wildman–Crippen LogP) is -0.239. The van der Waals surface area contributed by atoms with E-state index in [1.807, 2.05) is 6.07 Å². The molecule has 0 aliphatic carbocycles. The van der Waals surface area contributed by atoms with E-state index in [1.165, 1.54) is 0 Å². The van der Waals surface area contributed by atoms with Gasteiger partial charge in [-0.2, -0.15) is 18.7 Å². The summed E-state index contributed by atoms with van der Waals surface area (Å²) >= 11 is 0. The molecular formula is C7H11N3O5S. The Balaban J connectivity index is 2.80. The van der Waals surface area contributed by atoms with E-state index >= 15 is 0 Å².